The molecule has 0 aromatic carbocycles. The van der Waals surface area contributed by atoms with Gasteiger partial charge in [-0.05, 0) is 44.1 Å². The molecule has 0 aromatic heterocycles. The Bertz CT molecular complexity index is 239. The molecule has 2 heteroatoms. The summed E-state index contributed by atoms with van der Waals surface area (Å²) in [6.45, 7) is 8.52. The van der Waals surface area contributed by atoms with Crippen LogP contribution in [0.5, 0.6) is 0 Å². The van der Waals surface area contributed by atoms with Crippen molar-refractivity contribution in [3.8, 4) is 0 Å². The summed E-state index contributed by atoms with van der Waals surface area (Å²) in [4.78, 5) is 2.57. The molecule has 1 N–H and O–H groups in total. The number of hydrogen-bond acceptors (Lipinski definition) is 2. The summed E-state index contributed by atoms with van der Waals surface area (Å²) in [5, 5.41) is 3.68. The van der Waals surface area contributed by atoms with E-state index in [0.717, 1.165) is 12.0 Å². The number of nitrogens with one attached hydrogen (secondary N) is 1. The molecule has 2 aliphatic rings. The van der Waals surface area contributed by atoms with E-state index in [0.29, 0.717) is 5.41 Å². The summed E-state index contributed by atoms with van der Waals surface area (Å²) in [6.07, 6.45) is 10.1. The molecule has 2 fully saturated rings. The van der Waals surface area contributed by atoms with E-state index in [-0.39, 0.29) is 0 Å². The Morgan fingerprint density at radius 3 is 2.33 bits per heavy atom. The summed E-state index contributed by atoms with van der Waals surface area (Å²) in [7, 11) is 2.31. The van der Waals surface area contributed by atoms with Crippen molar-refractivity contribution in [3.05, 3.63) is 0 Å². The van der Waals surface area contributed by atoms with Crippen LogP contribution in [0.1, 0.15) is 58.8 Å². The molecule has 2 aliphatic carbocycles. The van der Waals surface area contributed by atoms with Crippen molar-refractivity contribution in [2.45, 2.75) is 64.8 Å². The van der Waals surface area contributed by atoms with Gasteiger partial charge in [0.25, 0.3) is 0 Å². The lowest BCUT2D eigenvalue weighted by Gasteiger charge is -2.33. The molecule has 0 unspecified atom stereocenters. The summed E-state index contributed by atoms with van der Waals surface area (Å²) < 4.78 is 0. The molecular weight excluding hydrogens is 220 g/mol. The first kappa shape index (κ1) is 14.3. The van der Waals surface area contributed by atoms with Crippen LogP contribution in [-0.4, -0.2) is 37.6 Å². The second-order valence-electron chi connectivity index (χ2n) is 7.52. The van der Waals surface area contributed by atoms with Crippen LogP contribution in [0.2, 0.25) is 0 Å². The van der Waals surface area contributed by atoms with Crippen molar-refractivity contribution >= 4 is 0 Å². The van der Waals surface area contributed by atoms with Crippen molar-refractivity contribution in [3.63, 3.8) is 0 Å². The lowest BCUT2D eigenvalue weighted by atomic mass is 9.88. The molecule has 18 heavy (non-hydrogen) atoms. The first-order chi connectivity index (χ1) is 8.55. The zero-order valence-corrected chi connectivity index (χ0v) is 12.7. The predicted octanol–water partition coefficient (Wildman–Crippen LogP) is 3.28. The van der Waals surface area contributed by atoms with Gasteiger partial charge >= 0.3 is 0 Å². The summed E-state index contributed by atoms with van der Waals surface area (Å²) in [5.74, 6) is 0.968. The molecule has 2 nitrogen and oxygen atoms in total. The minimum absolute atomic E-state index is 0.409. The van der Waals surface area contributed by atoms with Gasteiger partial charge in [0.15, 0.2) is 0 Å². The Hall–Kier alpha value is -0.0800. The van der Waals surface area contributed by atoms with Gasteiger partial charge in [-0.3, -0.25) is 0 Å². The highest BCUT2D eigenvalue weighted by Crippen LogP contribution is 2.26. The maximum atomic E-state index is 3.68. The number of hydrogen-bond donors (Lipinski definition) is 1. The van der Waals surface area contributed by atoms with Crippen molar-refractivity contribution in [2.24, 2.45) is 11.3 Å². The topological polar surface area (TPSA) is 15.3 Å². The highest BCUT2D eigenvalue weighted by atomic mass is 15.1. The Morgan fingerprint density at radius 1 is 1.06 bits per heavy atom. The average Bonchev–Trinajstić information content (AvgIpc) is 3.10. The monoisotopic (exact) mass is 252 g/mol. The average molecular weight is 252 g/mol. The molecule has 0 aromatic rings. The van der Waals surface area contributed by atoms with E-state index in [4.69, 9.17) is 0 Å². The Morgan fingerprint density at radius 2 is 1.72 bits per heavy atom. The van der Waals surface area contributed by atoms with E-state index < -0.39 is 0 Å². The first-order valence-electron chi connectivity index (χ1n) is 7.97. The quantitative estimate of drug-likeness (QED) is 0.748. The first-order valence-corrected chi connectivity index (χ1v) is 7.97. The SMILES string of the molecule is CN(CC1CCCCC1)CC(C)(C)CNC1CC1. The second kappa shape index (κ2) is 6.38. The molecule has 2 saturated carbocycles. The molecule has 0 bridgehead atoms. The lowest BCUT2D eigenvalue weighted by molar-refractivity contribution is 0.166. The molecule has 0 saturated heterocycles. The van der Waals surface area contributed by atoms with Gasteiger partial charge in [-0.15, -0.1) is 0 Å². The zero-order chi connectivity index (χ0) is 13.0. The van der Waals surface area contributed by atoms with E-state index in [1.165, 1.54) is 64.6 Å². The van der Waals surface area contributed by atoms with E-state index in [1.807, 2.05) is 0 Å². The third-order valence-electron chi connectivity index (χ3n) is 4.44. The smallest absolute Gasteiger partial charge is 0.00684 e. The predicted molar refractivity (Wildman–Crippen MR) is 78.9 cm³/mol. The second-order valence-corrected chi connectivity index (χ2v) is 7.52. The third-order valence-corrected chi connectivity index (χ3v) is 4.44. The van der Waals surface area contributed by atoms with Crippen LogP contribution in [0.3, 0.4) is 0 Å². The minimum Gasteiger partial charge on any atom is -0.313 e. The van der Waals surface area contributed by atoms with Gasteiger partial charge in [0, 0.05) is 25.7 Å². The highest BCUT2D eigenvalue weighted by Gasteiger charge is 2.26. The Labute approximate surface area is 114 Å². The van der Waals surface area contributed by atoms with Crippen LogP contribution in [0, 0.1) is 11.3 Å². The van der Waals surface area contributed by atoms with Gasteiger partial charge in [0.2, 0.25) is 0 Å². The zero-order valence-electron chi connectivity index (χ0n) is 12.7. The van der Waals surface area contributed by atoms with E-state index in [1.54, 1.807) is 0 Å². The van der Waals surface area contributed by atoms with E-state index in [9.17, 15) is 0 Å². The van der Waals surface area contributed by atoms with Crippen LogP contribution in [0.4, 0.5) is 0 Å². The van der Waals surface area contributed by atoms with Gasteiger partial charge in [-0.1, -0.05) is 33.1 Å². The minimum atomic E-state index is 0.409. The molecule has 0 atom stereocenters. The van der Waals surface area contributed by atoms with Crippen molar-refractivity contribution in [2.75, 3.05) is 26.7 Å². The van der Waals surface area contributed by atoms with E-state index >= 15 is 0 Å². The van der Waals surface area contributed by atoms with Crippen LogP contribution >= 0.6 is 0 Å². The summed E-state index contributed by atoms with van der Waals surface area (Å²) in [5.41, 5.74) is 0.409. The van der Waals surface area contributed by atoms with Crippen molar-refractivity contribution < 1.29 is 0 Å². The molecule has 0 amide bonds. The van der Waals surface area contributed by atoms with Crippen LogP contribution in [0.25, 0.3) is 0 Å². The van der Waals surface area contributed by atoms with Gasteiger partial charge in [0.05, 0.1) is 0 Å². The molecule has 106 valence electrons. The highest BCUT2D eigenvalue weighted by molar-refractivity contribution is 4.85. The van der Waals surface area contributed by atoms with E-state index in [2.05, 4.69) is 31.1 Å². The fourth-order valence-corrected chi connectivity index (χ4v) is 3.37. The largest absolute Gasteiger partial charge is 0.313 e. The Kier molecular flexibility index (Phi) is 5.08. The lowest BCUT2D eigenvalue weighted by Crippen LogP contribution is -2.41. The molecule has 0 heterocycles. The van der Waals surface area contributed by atoms with Gasteiger partial charge < -0.3 is 10.2 Å². The molecule has 2 rings (SSSR count). The molecular formula is C16H32N2. The normalized spacial score (nSPS) is 22.7. The number of rotatable bonds is 7. The van der Waals surface area contributed by atoms with Crippen molar-refractivity contribution in [1.82, 2.24) is 10.2 Å². The van der Waals surface area contributed by atoms with Crippen LogP contribution in [-0.2, 0) is 0 Å². The van der Waals surface area contributed by atoms with Crippen LogP contribution < -0.4 is 5.32 Å². The fourth-order valence-electron chi connectivity index (χ4n) is 3.37. The summed E-state index contributed by atoms with van der Waals surface area (Å²) >= 11 is 0. The third kappa shape index (κ3) is 5.27. The summed E-state index contributed by atoms with van der Waals surface area (Å²) in [6, 6.07) is 0.841. The van der Waals surface area contributed by atoms with Gasteiger partial charge in [0.1, 0.15) is 0 Å². The Balaban J connectivity index is 1.65. The molecule has 0 aliphatic heterocycles. The van der Waals surface area contributed by atoms with Crippen molar-refractivity contribution in [1.29, 1.82) is 0 Å². The van der Waals surface area contributed by atoms with Gasteiger partial charge in [-0.25, -0.2) is 0 Å². The maximum Gasteiger partial charge on any atom is 0.00684 e. The molecule has 0 spiro atoms. The fraction of sp³-hybridized carbons (Fsp3) is 1.00. The molecule has 0 radical (unpaired) electrons. The number of nitrogens with zero attached hydrogens (tertiary/aromatic N) is 1. The van der Waals surface area contributed by atoms with Gasteiger partial charge in [-0.2, -0.15) is 0 Å². The standard InChI is InChI=1S/C16H32N2/c1-16(2,12-17-15-9-10-15)13-18(3)11-14-7-5-4-6-8-14/h14-15,17H,4-13H2,1-3H3. The van der Waals surface area contributed by atoms with Crippen LogP contribution in [0.15, 0.2) is 0 Å². The maximum absolute atomic E-state index is 3.68.